The lowest BCUT2D eigenvalue weighted by Gasteiger charge is -2.17. The highest BCUT2D eigenvalue weighted by Gasteiger charge is 2.19. The molecule has 1 aromatic rings. The lowest BCUT2D eigenvalue weighted by atomic mass is 10.1. The van der Waals surface area contributed by atoms with Crippen molar-refractivity contribution < 1.29 is 14.1 Å². The van der Waals surface area contributed by atoms with Crippen LogP contribution in [0.2, 0.25) is 0 Å². The molecule has 128 valence electrons. The molecular weight excluding hydrogens is 314 g/mol. The van der Waals surface area contributed by atoms with Gasteiger partial charge in [0.1, 0.15) is 5.76 Å². The Hall–Kier alpha value is -1.50. The third-order valence-electron chi connectivity index (χ3n) is 3.93. The van der Waals surface area contributed by atoms with Crippen molar-refractivity contribution in [2.45, 2.75) is 63.7 Å². The summed E-state index contributed by atoms with van der Waals surface area (Å²) in [6.45, 7) is 3.55. The van der Waals surface area contributed by atoms with Crippen LogP contribution >= 0.6 is 11.8 Å². The number of hydrogen-bond acceptors (Lipinski definition) is 5. The molecule has 1 saturated carbocycles. The summed E-state index contributed by atoms with van der Waals surface area (Å²) >= 11 is 1.33. The van der Waals surface area contributed by atoms with E-state index in [1.807, 2.05) is 0 Å². The minimum atomic E-state index is -0.327. The van der Waals surface area contributed by atoms with Gasteiger partial charge in [0.05, 0.1) is 11.0 Å². The maximum Gasteiger partial charge on any atom is 0.238 e. The van der Waals surface area contributed by atoms with E-state index in [-0.39, 0.29) is 17.1 Å². The highest BCUT2D eigenvalue weighted by atomic mass is 32.2. The molecule has 0 saturated heterocycles. The average molecular weight is 339 g/mol. The quantitative estimate of drug-likeness (QED) is 0.779. The first-order valence-corrected chi connectivity index (χ1v) is 9.24. The third kappa shape index (κ3) is 6.25. The van der Waals surface area contributed by atoms with Gasteiger partial charge in [-0.3, -0.25) is 9.59 Å². The standard InChI is InChI=1S/C16H25N3O3S/c1-11-9-14(19-22-11)18-16(21)12(2)23-10-15(20)17-13-7-5-3-4-6-8-13/h9,12-13H,3-8,10H2,1-2H3,(H,17,20)(H,18,19,21). The molecule has 0 bridgehead atoms. The average Bonchev–Trinajstić information content (AvgIpc) is 2.76. The smallest absolute Gasteiger partial charge is 0.238 e. The lowest BCUT2D eigenvalue weighted by molar-refractivity contribution is -0.119. The Balaban J connectivity index is 1.69. The molecule has 23 heavy (non-hydrogen) atoms. The van der Waals surface area contributed by atoms with Crippen LogP contribution in [0.5, 0.6) is 0 Å². The van der Waals surface area contributed by atoms with Crippen molar-refractivity contribution in [3.05, 3.63) is 11.8 Å². The van der Waals surface area contributed by atoms with E-state index in [0.717, 1.165) is 12.8 Å². The molecule has 6 nitrogen and oxygen atoms in total. The zero-order valence-electron chi connectivity index (χ0n) is 13.8. The first-order chi connectivity index (χ1) is 11.0. The number of rotatable bonds is 6. The van der Waals surface area contributed by atoms with Gasteiger partial charge in [0.2, 0.25) is 11.8 Å². The number of amides is 2. The molecule has 1 unspecified atom stereocenters. The molecule has 0 radical (unpaired) electrons. The number of aryl methyl sites for hydroxylation is 1. The first kappa shape index (κ1) is 17.8. The number of thioether (sulfide) groups is 1. The molecule has 2 amide bonds. The van der Waals surface area contributed by atoms with E-state index in [4.69, 9.17) is 4.52 Å². The minimum absolute atomic E-state index is 0.0128. The van der Waals surface area contributed by atoms with Crippen LogP contribution in [0.15, 0.2) is 10.6 Å². The second kappa shape index (κ2) is 8.96. The first-order valence-electron chi connectivity index (χ1n) is 8.20. The van der Waals surface area contributed by atoms with Crippen LogP contribution in [-0.2, 0) is 9.59 Å². The van der Waals surface area contributed by atoms with Crippen LogP contribution in [0, 0.1) is 6.92 Å². The van der Waals surface area contributed by atoms with Crippen LogP contribution in [0.1, 0.15) is 51.2 Å². The summed E-state index contributed by atoms with van der Waals surface area (Å²) in [5, 5.41) is 9.16. The number of carbonyl (C=O) groups is 2. The topological polar surface area (TPSA) is 84.2 Å². The van der Waals surface area contributed by atoms with Gasteiger partial charge < -0.3 is 15.2 Å². The van der Waals surface area contributed by atoms with Crippen LogP contribution in [-0.4, -0.2) is 34.0 Å². The summed E-state index contributed by atoms with van der Waals surface area (Å²) in [5.74, 6) is 1.18. The molecule has 0 aliphatic heterocycles. The number of anilines is 1. The molecule has 1 aliphatic rings. The second-order valence-electron chi connectivity index (χ2n) is 6.02. The second-order valence-corrected chi connectivity index (χ2v) is 7.35. The Labute approximate surface area is 141 Å². The maximum atomic E-state index is 12.0. The van der Waals surface area contributed by atoms with Gasteiger partial charge in [-0.1, -0.05) is 30.8 Å². The van der Waals surface area contributed by atoms with Gasteiger partial charge in [0, 0.05) is 12.1 Å². The molecule has 0 aromatic carbocycles. The molecule has 1 fully saturated rings. The van der Waals surface area contributed by atoms with Gasteiger partial charge in [-0.25, -0.2) is 0 Å². The fourth-order valence-electron chi connectivity index (χ4n) is 2.62. The SMILES string of the molecule is Cc1cc(NC(=O)C(C)SCC(=O)NC2CCCCCC2)no1. The van der Waals surface area contributed by atoms with Crippen LogP contribution in [0.4, 0.5) is 5.82 Å². The third-order valence-corrected chi connectivity index (χ3v) is 5.08. The van der Waals surface area contributed by atoms with Crippen LogP contribution in [0.25, 0.3) is 0 Å². The number of hydrogen-bond donors (Lipinski definition) is 2. The molecule has 0 spiro atoms. The molecular formula is C16H25N3O3S. The predicted molar refractivity (Wildman–Crippen MR) is 91.4 cm³/mol. The van der Waals surface area contributed by atoms with Crippen molar-refractivity contribution in [1.29, 1.82) is 0 Å². The summed E-state index contributed by atoms with van der Waals surface area (Å²) in [6.07, 6.45) is 7.04. The van der Waals surface area contributed by atoms with Gasteiger partial charge in [0.15, 0.2) is 5.82 Å². The molecule has 7 heteroatoms. The van der Waals surface area contributed by atoms with E-state index < -0.39 is 0 Å². The van der Waals surface area contributed by atoms with E-state index in [9.17, 15) is 9.59 Å². The molecule has 1 aliphatic carbocycles. The molecule has 2 N–H and O–H groups in total. The van der Waals surface area contributed by atoms with E-state index in [2.05, 4.69) is 15.8 Å². The Morgan fingerprint density at radius 2 is 2.04 bits per heavy atom. The van der Waals surface area contributed by atoms with E-state index in [1.54, 1.807) is 19.9 Å². The zero-order chi connectivity index (χ0) is 16.7. The van der Waals surface area contributed by atoms with Crippen LogP contribution in [0.3, 0.4) is 0 Å². The summed E-state index contributed by atoms with van der Waals surface area (Å²) < 4.78 is 4.90. The van der Waals surface area contributed by atoms with Crippen molar-refractivity contribution in [3.63, 3.8) is 0 Å². The Morgan fingerprint density at radius 1 is 1.35 bits per heavy atom. The number of carbonyl (C=O) groups excluding carboxylic acids is 2. The minimum Gasteiger partial charge on any atom is -0.360 e. The van der Waals surface area contributed by atoms with Gasteiger partial charge >= 0.3 is 0 Å². The number of aromatic nitrogens is 1. The summed E-state index contributed by atoms with van der Waals surface area (Å²) in [6, 6.07) is 1.96. The van der Waals surface area contributed by atoms with E-state index in [0.29, 0.717) is 23.4 Å². The van der Waals surface area contributed by atoms with Crippen LogP contribution < -0.4 is 10.6 Å². The van der Waals surface area contributed by atoms with Crippen molar-refractivity contribution in [2.75, 3.05) is 11.1 Å². The fourth-order valence-corrected chi connectivity index (χ4v) is 3.32. The fraction of sp³-hybridized carbons (Fsp3) is 0.688. The van der Waals surface area contributed by atoms with Gasteiger partial charge in [-0.2, -0.15) is 0 Å². The predicted octanol–water partition coefficient (Wildman–Crippen LogP) is 2.88. The maximum absolute atomic E-state index is 12.0. The van der Waals surface area contributed by atoms with Gasteiger partial charge in [0.25, 0.3) is 0 Å². The van der Waals surface area contributed by atoms with Crippen molar-refractivity contribution in [1.82, 2.24) is 10.5 Å². The zero-order valence-corrected chi connectivity index (χ0v) is 14.6. The molecule has 1 heterocycles. The Morgan fingerprint density at radius 3 is 2.65 bits per heavy atom. The van der Waals surface area contributed by atoms with Crippen molar-refractivity contribution >= 4 is 29.4 Å². The van der Waals surface area contributed by atoms with Gasteiger partial charge in [-0.15, -0.1) is 11.8 Å². The molecule has 1 aromatic heterocycles. The Kier molecular flexibility index (Phi) is 6.95. The van der Waals surface area contributed by atoms with E-state index in [1.165, 1.54) is 37.4 Å². The van der Waals surface area contributed by atoms with Crippen molar-refractivity contribution in [3.8, 4) is 0 Å². The highest BCUT2D eigenvalue weighted by Crippen LogP contribution is 2.18. The van der Waals surface area contributed by atoms with Crippen molar-refractivity contribution in [2.24, 2.45) is 0 Å². The van der Waals surface area contributed by atoms with Gasteiger partial charge in [-0.05, 0) is 26.7 Å². The highest BCUT2D eigenvalue weighted by molar-refractivity contribution is 8.01. The monoisotopic (exact) mass is 339 g/mol. The molecule has 2 rings (SSSR count). The number of nitrogens with zero attached hydrogens (tertiary/aromatic N) is 1. The molecule has 1 atom stereocenters. The lowest BCUT2D eigenvalue weighted by Crippen LogP contribution is -2.36. The Bertz CT molecular complexity index is 524. The number of nitrogens with one attached hydrogen (secondary N) is 2. The van der Waals surface area contributed by atoms with E-state index >= 15 is 0 Å². The normalized spacial score (nSPS) is 17.3. The largest absolute Gasteiger partial charge is 0.360 e. The summed E-state index contributed by atoms with van der Waals surface area (Å²) in [5.41, 5.74) is 0. The summed E-state index contributed by atoms with van der Waals surface area (Å²) in [7, 11) is 0. The summed E-state index contributed by atoms with van der Waals surface area (Å²) in [4.78, 5) is 24.0.